The molecule has 2 aliphatic carbocycles. The molecule has 0 aliphatic heterocycles. The Kier molecular flexibility index (Phi) is 4.11. The van der Waals surface area contributed by atoms with E-state index in [0.29, 0.717) is 6.04 Å². The molecule has 1 saturated carbocycles. The average Bonchev–Trinajstić information content (AvgIpc) is 3.08. The SMILES string of the molecule is O=c1cc2c(nn1C1CCC(Nc3nncs3)CC1)CCCC2. The van der Waals surface area contributed by atoms with E-state index in [1.54, 1.807) is 10.2 Å². The van der Waals surface area contributed by atoms with Crippen LogP contribution in [0.5, 0.6) is 0 Å². The minimum Gasteiger partial charge on any atom is -0.357 e. The summed E-state index contributed by atoms with van der Waals surface area (Å²) >= 11 is 1.53. The number of aromatic nitrogens is 4. The molecule has 0 atom stereocenters. The van der Waals surface area contributed by atoms with E-state index in [4.69, 9.17) is 5.10 Å². The van der Waals surface area contributed by atoms with E-state index in [-0.39, 0.29) is 11.6 Å². The molecule has 0 radical (unpaired) electrons. The largest absolute Gasteiger partial charge is 0.357 e. The minimum atomic E-state index is 0.0752. The van der Waals surface area contributed by atoms with Gasteiger partial charge in [-0.05, 0) is 56.9 Å². The van der Waals surface area contributed by atoms with E-state index in [1.807, 2.05) is 6.07 Å². The quantitative estimate of drug-likeness (QED) is 0.936. The summed E-state index contributed by atoms with van der Waals surface area (Å²) in [5.74, 6) is 0. The van der Waals surface area contributed by atoms with Crippen LogP contribution in [0.1, 0.15) is 55.8 Å². The van der Waals surface area contributed by atoms with Crippen molar-refractivity contribution in [2.45, 2.75) is 63.5 Å². The predicted octanol–water partition coefficient (Wildman–Crippen LogP) is 2.57. The minimum absolute atomic E-state index is 0.0752. The fourth-order valence-electron chi connectivity index (χ4n) is 3.71. The van der Waals surface area contributed by atoms with Crippen LogP contribution in [-0.2, 0) is 12.8 Å². The lowest BCUT2D eigenvalue weighted by atomic mass is 9.91. The number of nitrogens with one attached hydrogen (secondary N) is 1. The van der Waals surface area contributed by atoms with Crippen LogP contribution in [0.2, 0.25) is 0 Å². The zero-order chi connectivity index (χ0) is 15.6. The van der Waals surface area contributed by atoms with Crippen molar-refractivity contribution in [1.82, 2.24) is 20.0 Å². The second-order valence-electron chi connectivity index (χ2n) is 6.50. The second-order valence-corrected chi connectivity index (χ2v) is 7.33. The van der Waals surface area contributed by atoms with E-state index < -0.39 is 0 Å². The molecule has 2 aromatic heterocycles. The third-order valence-corrected chi connectivity index (χ3v) is 5.58. The van der Waals surface area contributed by atoms with Crippen LogP contribution in [0.3, 0.4) is 0 Å². The summed E-state index contributed by atoms with van der Waals surface area (Å²) in [4.78, 5) is 12.4. The summed E-state index contributed by atoms with van der Waals surface area (Å²) in [7, 11) is 0. The van der Waals surface area contributed by atoms with Gasteiger partial charge >= 0.3 is 0 Å². The molecule has 0 spiro atoms. The van der Waals surface area contributed by atoms with Crippen molar-refractivity contribution in [2.24, 2.45) is 0 Å². The highest BCUT2D eigenvalue weighted by Gasteiger charge is 2.25. The zero-order valence-corrected chi connectivity index (χ0v) is 13.9. The number of hydrogen-bond acceptors (Lipinski definition) is 6. The maximum atomic E-state index is 12.4. The van der Waals surface area contributed by atoms with Gasteiger partial charge in [0.2, 0.25) is 5.13 Å². The van der Waals surface area contributed by atoms with Crippen LogP contribution in [0.25, 0.3) is 0 Å². The lowest BCUT2D eigenvalue weighted by Crippen LogP contribution is -2.34. The summed E-state index contributed by atoms with van der Waals surface area (Å²) in [6.07, 6.45) is 8.45. The fourth-order valence-corrected chi connectivity index (χ4v) is 4.24. The third kappa shape index (κ3) is 3.15. The van der Waals surface area contributed by atoms with Crippen LogP contribution < -0.4 is 10.9 Å². The first-order valence-corrected chi connectivity index (χ1v) is 9.32. The molecule has 23 heavy (non-hydrogen) atoms. The highest BCUT2D eigenvalue weighted by Crippen LogP contribution is 2.29. The summed E-state index contributed by atoms with van der Waals surface area (Å²) in [6.45, 7) is 0. The topological polar surface area (TPSA) is 72.7 Å². The Morgan fingerprint density at radius 1 is 1.17 bits per heavy atom. The summed E-state index contributed by atoms with van der Waals surface area (Å²) in [5.41, 5.74) is 4.13. The highest BCUT2D eigenvalue weighted by molar-refractivity contribution is 7.13. The molecule has 2 heterocycles. The smallest absolute Gasteiger partial charge is 0.267 e. The summed E-state index contributed by atoms with van der Waals surface area (Å²) in [6, 6.07) is 2.49. The number of hydrogen-bond donors (Lipinski definition) is 1. The predicted molar refractivity (Wildman–Crippen MR) is 90.0 cm³/mol. The molecule has 0 bridgehead atoms. The molecule has 4 rings (SSSR count). The summed E-state index contributed by atoms with van der Waals surface area (Å²) < 4.78 is 1.76. The van der Waals surface area contributed by atoms with Crippen molar-refractivity contribution < 1.29 is 0 Å². The van der Waals surface area contributed by atoms with Gasteiger partial charge in [-0.2, -0.15) is 5.10 Å². The Bertz CT molecular complexity index is 719. The van der Waals surface area contributed by atoms with Gasteiger partial charge in [0.1, 0.15) is 5.51 Å². The van der Waals surface area contributed by atoms with Gasteiger partial charge in [0.05, 0.1) is 11.7 Å². The number of rotatable bonds is 3. The maximum Gasteiger partial charge on any atom is 0.267 e. The highest BCUT2D eigenvalue weighted by atomic mass is 32.1. The van der Waals surface area contributed by atoms with Gasteiger partial charge in [0.25, 0.3) is 5.56 Å². The van der Waals surface area contributed by atoms with Crippen LogP contribution >= 0.6 is 11.3 Å². The Labute approximate surface area is 139 Å². The first kappa shape index (κ1) is 14.8. The molecule has 0 aromatic carbocycles. The molecular formula is C16H21N5OS. The second kappa shape index (κ2) is 6.39. The van der Waals surface area contributed by atoms with Gasteiger partial charge in [-0.25, -0.2) is 4.68 Å². The number of nitrogens with zero attached hydrogens (tertiary/aromatic N) is 4. The first-order chi connectivity index (χ1) is 11.3. The van der Waals surface area contributed by atoms with Crippen molar-refractivity contribution >= 4 is 16.5 Å². The van der Waals surface area contributed by atoms with E-state index in [2.05, 4.69) is 15.5 Å². The molecular weight excluding hydrogens is 310 g/mol. The number of aryl methyl sites for hydroxylation is 2. The van der Waals surface area contributed by atoms with Crippen molar-refractivity contribution in [3.63, 3.8) is 0 Å². The van der Waals surface area contributed by atoms with Gasteiger partial charge in [0, 0.05) is 12.1 Å². The molecule has 0 saturated heterocycles. The molecule has 122 valence electrons. The molecule has 2 aromatic rings. The molecule has 1 fully saturated rings. The van der Waals surface area contributed by atoms with E-state index in [0.717, 1.165) is 49.4 Å². The first-order valence-electron chi connectivity index (χ1n) is 8.44. The van der Waals surface area contributed by atoms with Crippen LogP contribution in [0, 0.1) is 0 Å². The third-order valence-electron chi connectivity index (χ3n) is 4.96. The van der Waals surface area contributed by atoms with Crippen molar-refractivity contribution in [2.75, 3.05) is 5.32 Å². The lowest BCUT2D eigenvalue weighted by Gasteiger charge is -2.30. The Morgan fingerprint density at radius 3 is 2.78 bits per heavy atom. The zero-order valence-electron chi connectivity index (χ0n) is 13.1. The van der Waals surface area contributed by atoms with Crippen molar-refractivity contribution in [3.8, 4) is 0 Å². The standard InChI is InChI=1S/C16H21N5OS/c22-15-9-11-3-1-2-4-14(11)20-21(15)13-7-5-12(6-8-13)18-16-19-17-10-23-16/h9-10,12-13H,1-8H2,(H,18,19). The van der Waals surface area contributed by atoms with Gasteiger partial charge in [0.15, 0.2) is 0 Å². The molecule has 1 N–H and O–H groups in total. The van der Waals surface area contributed by atoms with Crippen molar-refractivity contribution in [3.05, 3.63) is 33.2 Å². The van der Waals surface area contributed by atoms with Crippen molar-refractivity contribution in [1.29, 1.82) is 0 Å². The van der Waals surface area contributed by atoms with Gasteiger partial charge in [-0.3, -0.25) is 4.79 Å². The van der Waals surface area contributed by atoms with E-state index in [1.165, 1.54) is 29.7 Å². The fraction of sp³-hybridized carbons (Fsp3) is 0.625. The van der Waals surface area contributed by atoms with Gasteiger partial charge in [-0.15, -0.1) is 10.2 Å². The van der Waals surface area contributed by atoms with E-state index in [9.17, 15) is 4.79 Å². The van der Waals surface area contributed by atoms with Crippen LogP contribution in [0.4, 0.5) is 5.13 Å². The monoisotopic (exact) mass is 331 g/mol. The summed E-state index contributed by atoms with van der Waals surface area (Å²) in [5, 5.41) is 16.9. The van der Waals surface area contributed by atoms with Gasteiger partial charge < -0.3 is 5.32 Å². The van der Waals surface area contributed by atoms with Gasteiger partial charge in [-0.1, -0.05) is 11.3 Å². The Morgan fingerprint density at radius 2 is 2.00 bits per heavy atom. The van der Waals surface area contributed by atoms with Crippen LogP contribution in [0.15, 0.2) is 16.4 Å². The Balaban J connectivity index is 1.45. The molecule has 6 nitrogen and oxygen atoms in total. The molecule has 2 aliphatic rings. The van der Waals surface area contributed by atoms with E-state index >= 15 is 0 Å². The Hall–Kier alpha value is -1.76. The molecule has 0 amide bonds. The normalized spacial score (nSPS) is 24.2. The number of anilines is 1. The number of fused-ring (bicyclic) bond motifs is 1. The average molecular weight is 331 g/mol. The maximum absolute atomic E-state index is 12.4. The molecule has 0 unspecified atom stereocenters. The molecule has 7 heteroatoms. The van der Waals surface area contributed by atoms with Crippen LogP contribution in [-0.4, -0.2) is 26.0 Å². The lowest BCUT2D eigenvalue weighted by molar-refractivity contribution is 0.300.